The molecule has 0 unspecified atom stereocenters. The topological polar surface area (TPSA) is 87.7 Å². The SMILES string of the molecule is COc1ccc(Cl)cc1NC(=O)C(=O)NC[C@@H](O)c1sccc1C. The third-order valence-electron chi connectivity index (χ3n) is 3.28. The van der Waals surface area contributed by atoms with E-state index in [0.29, 0.717) is 16.5 Å². The minimum Gasteiger partial charge on any atom is -0.495 e. The van der Waals surface area contributed by atoms with Gasteiger partial charge in [-0.25, -0.2) is 0 Å². The Kier molecular flexibility index (Phi) is 6.19. The number of hydrogen-bond donors (Lipinski definition) is 3. The van der Waals surface area contributed by atoms with Crippen LogP contribution in [0.1, 0.15) is 16.5 Å². The molecule has 0 aliphatic rings. The number of carbonyl (C=O) groups excluding carboxylic acids is 2. The maximum Gasteiger partial charge on any atom is 0.313 e. The standard InChI is InChI=1S/C16H17ClN2O4S/c1-9-5-6-24-14(9)12(20)8-18-15(21)16(22)19-11-7-10(17)3-4-13(11)23-2/h3-7,12,20H,8H2,1-2H3,(H,18,21)(H,19,22)/t12-/m1/s1. The van der Waals surface area contributed by atoms with Crippen molar-refractivity contribution in [3.63, 3.8) is 0 Å². The molecule has 0 bridgehead atoms. The van der Waals surface area contributed by atoms with Crippen LogP contribution in [0.2, 0.25) is 5.02 Å². The molecule has 1 atom stereocenters. The summed E-state index contributed by atoms with van der Waals surface area (Å²) in [4.78, 5) is 24.6. The molecule has 6 nitrogen and oxygen atoms in total. The van der Waals surface area contributed by atoms with Gasteiger partial charge >= 0.3 is 11.8 Å². The van der Waals surface area contributed by atoms with Gasteiger partial charge in [0.1, 0.15) is 11.9 Å². The first kappa shape index (κ1) is 18.3. The van der Waals surface area contributed by atoms with E-state index in [1.807, 2.05) is 18.4 Å². The van der Waals surface area contributed by atoms with Crippen LogP contribution in [-0.4, -0.2) is 30.6 Å². The Morgan fingerprint density at radius 2 is 2.08 bits per heavy atom. The number of methoxy groups -OCH3 is 1. The van der Waals surface area contributed by atoms with Crippen molar-refractivity contribution in [1.82, 2.24) is 5.32 Å². The summed E-state index contributed by atoms with van der Waals surface area (Å²) in [5.41, 5.74) is 1.23. The van der Waals surface area contributed by atoms with Crippen molar-refractivity contribution in [1.29, 1.82) is 0 Å². The predicted octanol–water partition coefficient (Wildman–Crippen LogP) is 2.51. The molecule has 2 rings (SSSR count). The van der Waals surface area contributed by atoms with E-state index in [2.05, 4.69) is 10.6 Å². The number of nitrogens with one attached hydrogen (secondary N) is 2. The lowest BCUT2D eigenvalue weighted by Crippen LogP contribution is -2.37. The number of aliphatic hydroxyl groups is 1. The van der Waals surface area contributed by atoms with Crippen molar-refractivity contribution in [3.8, 4) is 5.75 Å². The van der Waals surface area contributed by atoms with Crippen LogP contribution in [0.4, 0.5) is 5.69 Å². The molecule has 128 valence electrons. The fourth-order valence-corrected chi connectivity index (χ4v) is 3.13. The summed E-state index contributed by atoms with van der Waals surface area (Å²) in [5.74, 6) is -1.34. The van der Waals surface area contributed by atoms with Gasteiger partial charge in [-0.05, 0) is 42.1 Å². The summed E-state index contributed by atoms with van der Waals surface area (Å²) < 4.78 is 5.10. The lowest BCUT2D eigenvalue weighted by molar-refractivity contribution is -0.136. The molecule has 1 heterocycles. The minimum absolute atomic E-state index is 0.0553. The number of carbonyl (C=O) groups is 2. The smallest absolute Gasteiger partial charge is 0.313 e. The molecule has 1 aromatic carbocycles. The third kappa shape index (κ3) is 4.47. The molecule has 0 saturated heterocycles. The zero-order valence-corrected chi connectivity index (χ0v) is 14.7. The van der Waals surface area contributed by atoms with Gasteiger partial charge in [-0.2, -0.15) is 0 Å². The molecule has 2 aromatic rings. The summed E-state index contributed by atoms with van der Waals surface area (Å²) in [7, 11) is 1.44. The number of hydrogen-bond acceptors (Lipinski definition) is 5. The van der Waals surface area contributed by atoms with Crippen molar-refractivity contribution < 1.29 is 19.4 Å². The van der Waals surface area contributed by atoms with E-state index in [9.17, 15) is 14.7 Å². The Hall–Kier alpha value is -2.09. The first-order valence-corrected chi connectivity index (χ1v) is 8.33. The molecule has 8 heteroatoms. The van der Waals surface area contributed by atoms with E-state index in [1.54, 1.807) is 12.1 Å². The quantitative estimate of drug-likeness (QED) is 0.707. The molecule has 0 radical (unpaired) electrons. The Morgan fingerprint density at radius 3 is 2.71 bits per heavy atom. The van der Waals surface area contributed by atoms with Crippen LogP contribution >= 0.6 is 22.9 Å². The zero-order chi connectivity index (χ0) is 17.7. The van der Waals surface area contributed by atoms with Crippen LogP contribution in [0.3, 0.4) is 0 Å². The number of aliphatic hydroxyl groups excluding tert-OH is 1. The van der Waals surface area contributed by atoms with E-state index in [-0.39, 0.29) is 6.54 Å². The van der Waals surface area contributed by atoms with Crippen LogP contribution in [0.15, 0.2) is 29.6 Å². The van der Waals surface area contributed by atoms with Crippen LogP contribution < -0.4 is 15.4 Å². The lowest BCUT2D eigenvalue weighted by Gasteiger charge is -2.13. The minimum atomic E-state index is -0.870. The maximum atomic E-state index is 12.0. The molecular weight excluding hydrogens is 352 g/mol. The Balaban J connectivity index is 1.94. The maximum absolute atomic E-state index is 12.0. The predicted molar refractivity (Wildman–Crippen MR) is 93.7 cm³/mol. The van der Waals surface area contributed by atoms with Crippen molar-refractivity contribution in [3.05, 3.63) is 45.1 Å². The summed E-state index contributed by atoms with van der Waals surface area (Å²) in [6.07, 6.45) is -0.859. The third-order valence-corrected chi connectivity index (χ3v) is 4.63. The normalized spacial score (nSPS) is 11.7. The van der Waals surface area contributed by atoms with Gasteiger partial charge in [0.05, 0.1) is 12.8 Å². The average Bonchev–Trinajstić information content (AvgIpc) is 2.98. The highest BCUT2D eigenvalue weighted by Crippen LogP contribution is 2.27. The van der Waals surface area contributed by atoms with E-state index < -0.39 is 17.9 Å². The fourth-order valence-electron chi connectivity index (χ4n) is 2.05. The number of benzene rings is 1. The van der Waals surface area contributed by atoms with Crippen LogP contribution in [-0.2, 0) is 9.59 Å². The second kappa shape index (κ2) is 8.14. The monoisotopic (exact) mass is 368 g/mol. The van der Waals surface area contributed by atoms with E-state index >= 15 is 0 Å². The summed E-state index contributed by atoms with van der Waals surface area (Å²) in [5, 5.41) is 17.1. The highest BCUT2D eigenvalue weighted by Gasteiger charge is 2.19. The molecule has 2 amide bonds. The first-order chi connectivity index (χ1) is 11.4. The van der Waals surface area contributed by atoms with Crippen molar-refractivity contribution in [2.75, 3.05) is 19.0 Å². The number of aryl methyl sites for hydroxylation is 1. The van der Waals surface area contributed by atoms with Gasteiger partial charge in [0.25, 0.3) is 0 Å². The molecule has 3 N–H and O–H groups in total. The van der Waals surface area contributed by atoms with Crippen LogP contribution in [0, 0.1) is 6.92 Å². The van der Waals surface area contributed by atoms with Gasteiger partial charge in [-0.3, -0.25) is 9.59 Å². The fraction of sp³-hybridized carbons (Fsp3) is 0.250. The number of rotatable bonds is 5. The summed E-state index contributed by atoms with van der Waals surface area (Å²) in [6.45, 7) is 1.81. The first-order valence-electron chi connectivity index (χ1n) is 7.07. The van der Waals surface area contributed by atoms with E-state index in [1.165, 1.54) is 24.5 Å². The summed E-state index contributed by atoms with van der Waals surface area (Å²) >= 11 is 7.27. The van der Waals surface area contributed by atoms with E-state index in [4.69, 9.17) is 16.3 Å². The van der Waals surface area contributed by atoms with Crippen LogP contribution in [0.25, 0.3) is 0 Å². The van der Waals surface area contributed by atoms with Crippen LogP contribution in [0.5, 0.6) is 5.75 Å². The molecular formula is C16H17ClN2O4S. The van der Waals surface area contributed by atoms with Gasteiger partial charge < -0.3 is 20.5 Å². The van der Waals surface area contributed by atoms with Gasteiger partial charge in [-0.15, -0.1) is 11.3 Å². The van der Waals surface area contributed by atoms with Gasteiger partial charge in [0.15, 0.2) is 0 Å². The molecule has 0 saturated carbocycles. The lowest BCUT2D eigenvalue weighted by atomic mass is 10.2. The number of anilines is 1. The molecule has 0 spiro atoms. The van der Waals surface area contributed by atoms with Gasteiger partial charge in [0.2, 0.25) is 0 Å². The van der Waals surface area contributed by atoms with Crippen molar-refractivity contribution in [2.24, 2.45) is 0 Å². The van der Waals surface area contributed by atoms with Crippen molar-refractivity contribution in [2.45, 2.75) is 13.0 Å². The second-order valence-electron chi connectivity index (χ2n) is 4.99. The van der Waals surface area contributed by atoms with Gasteiger partial charge in [0, 0.05) is 16.4 Å². The highest BCUT2D eigenvalue weighted by molar-refractivity contribution is 7.10. The molecule has 1 aromatic heterocycles. The number of thiophene rings is 1. The number of ether oxygens (including phenoxy) is 1. The molecule has 0 fully saturated rings. The van der Waals surface area contributed by atoms with Gasteiger partial charge in [-0.1, -0.05) is 11.6 Å². The second-order valence-corrected chi connectivity index (χ2v) is 6.38. The van der Waals surface area contributed by atoms with Crippen molar-refractivity contribution >= 4 is 40.4 Å². The molecule has 24 heavy (non-hydrogen) atoms. The average molecular weight is 369 g/mol. The molecule has 0 aliphatic heterocycles. The largest absolute Gasteiger partial charge is 0.495 e. The Morgan fingerprint density at radius 1 is 1.33 bits per heavy atom. The zero-order valence-electron chi connectivity index (χ0n) is 13.1. The highest BCUT2D eigenvalue weighted by atomic mass is 35.5. The Labute approximate surface area is 148 Å². The molecule has 0 aliphatic carbocycles. The van der Waals surface area contributed by atoms with E-state index in [0.717, 1.165) is 10.4 Å². The summed E-state index contributed by atoms with van der Waals surface area (Å²) in [6, 6.07) is 6.55. The number of amides is 2. The Bertz CT molecular complexity index is 747. The number of halogens is 1.